The summed E-state index contributed by atoms with van der Waals surface area (Å²) in [5.74, 6) is -0.261. The van der Waals surface area contributed by atoms with Crippen LogP contribution in [0.3, 0.4) is 0 Å². The summed E-state index contributed by atoms with van der Waals surface area (Å²) in [6.45, 7) is 4.58. The molecule has 4 aromatic rings. The van der Waals surface area contributed by atoms with Crippen molar-refractivity contribution in [2.24, 2.45) is 0 Å². The molecule has 0 N–H and O–H groups in total. The highest BCUT2D eigenvalue weighted by molar-refractivity contribution is 7.99. The Balaban J connectivity index is 1.57. The lowest BCUT2D eigenvalue weighted by atomic mass is 10.1. The molecular formula is C26H25N3O3S2. The third-order valence-corrected chi connectivity index (χ3v) is 8.16. The molecule has 6 nitrogen and oxygen atoms in total. The van der Waals surface area contributed by atoms with Crippen LogP contribution in [-0.4, -0.2) is 39.8 Å². The van der Waals surface area contributed by atoms with Crippen molar-refractivity contribution in [3.8, 4) is 5.69 Å². The Morgan fingerprint density at radius 3 is 2.65 bits per heavy atom. The van der Waals surface area contributed by atoms with Gasteiger partial charge in [-0.3, -0.25) is 19.1 Å². The number of fused-ring (bicyclic) bond motifs is 3. The number of hydrogen-bond acceptors (Lipinski definition) is 7. The van der Waals surface area contributed by atoms with Crippen LogP contribution in [0, 0.1) is 6.92 Å². The van der Waals surface area contributed by atoms with Gasteiger partial charge in [-0.2, -0.15) is 0 Å². The summed E-state index contributed by atoms with van der Waals surface area (Å²) < 4.78 is 7.12. The molecule has 2 aromatic heterocycles. The normalized spacial score (nSPS) is 13.7. The second kappa shape index (κ2) is 9.74. The topological polar surface area (TPSA) is 64.4 Å². The summed E-state index contributed by atoms with van der Waals surface area (Å²) in [5, 5.41) is 0.507. The number of benzene rings is 2. The lowest BCUT2D eigenvalue weighted by Gasteiger charge is -2.26. The minimum absolute atomic E-state index is 0.0878. The van der Waals surface area contributed by atoms with E-state index in [-0.39, 0.29) is 17.3 Å². The molecule has 0 saturated heterocycles. The van der Waals surface area contributed by atoms with Gasteiger partial charge < -0.3 is 4.74 Å². The van der Waals surface area contributed by atoms with E-state index < -0.39 is 0 Å². The summed E-state index contributed by atoms with van der Waals surface area (Å²) in [6, 6.07) is 18.2. The van der Waals surface area contributed by atoms with Gasteiger partial charge in [0.15, 0.2) is 5.16 Å². The van der Waals surface area contributed by atoms with E-state index in [4.69, 9.17) is 9.72 Å². The molecule has 1 aliphatic rings. The van der Waals surface area contributed by atoms with Gasteiger partial charge in [-0.25, -0.2) is 4.98 Å². The second-order valence-electron chi connectivity index (χ2n) is 8.36. The van der Waals surface area contributed by atoms with Crippen LogP contribution in [0.1, 0.15) is 21.6 Å². The average molecular weight is 492 g/mol. The minimum atomic E-state index is -0.351. The van der Waals surface area contributed by atoms with Crippen LogP contribution in [0.5, 0.6) is 0 Å². The highest BCUT2D eigenvalue weighted by atomic mass is 32.2. The predicted molar refractivity (Wildman–Crippen MR) is 137 cm³/mol. The van der Waals surface area contributed by atoms with E-state index in [0.717, 1.165) is 48.4 Å². The predicted octanol–water partition coefficient (Wildman–Crippen LogP) is 4.58. The summed E-state index contributed by atoms with van der Waals surface area (Å²) >= 11 is 2.79. The first-order valence-electron chi connectivity index (χ1n) is 11.1. The zero-order valence-electron chi connectivity index (χ0n) is 19.1. The van der Waals surface area contributed by atoms with Crippen LogP contribution in [0.25, 0.3) is 15.9 Å². The van der Waals surface area contributed by atoms with Gasteiger partial charge in [-0.1, -0.05) is 59.8 Å². The standard InChI is InChI=1S/C26H25N3O3S2/c1-17-8-10-19(11-9-17)29-25(31)24-23(27-26(29)33-16-22(30)32-2)20-15-28(13-12-21(20)34-24)14-18-6-4-3-5-7-18/h3-11H,12-16H2,1-2H3. The highest BCUT2D eigenvalue weighted by Crippen LogP contribution is 2.34. The zero-order chi connectivity index (χ0) is 23.7. The Kier molecular flexibility index (Phi) is 6.54. The molecule has 2 aromatic carbocycles. The molecular weight excluding hydrogens is 466 g/mol. The van der Waals surface area contributed by atoms with E-state index in [9.17, 15) is 9.59 Å². The van der Waals surface area contributed by atoms with Crippen molar-refractivity contribution in [1.29, 1.82) is 0 Å². The molecule has 0 atom stereocenters. The van der Waals surface area contributed by atoms with E-state index in [0.29, 0.717) is 9.86 Å². The summed E-state index contributed by atoms with van der Waals surface area (Å²) in [6.07, 6.45) is 0.901. The van der Waals surface area contributed by atoms with Gasteiger partial charge in [0.05, 0.1) is 24.1 Å². The van der Waals surface area contributed by atoms with Crippen molar-refractivity contribution in [3.63, 3.8) is 0 Å². The monoisotopic (exact) mass is 491 g/mol. The third kappa shape index (κ3) is 4.53. The first-order chi connectivity index (χ1) is 16.5. The molecule has 0 unspecified atom stereocenters. The molecule has 0 saturated carbocycles. The number of thiophene rings is 1. The molecule has 1 aliphatic heterocycles. The molecule has 5 rings (SSSR count). The van der Waals surface area contributed by atoms with Crippen LogP contribution >= 0.6 is 23.1 Å². The van der Waals surface area contributed by atoms with Crippen molar-refractivity contribution in [2.75, 3.05) is 19.4 Å². The molecule has 8 heteroatoms. The number of thioether (sulfide) groups is 1. The fourth-order valence-corrected chi connectivity index (χ4v) is 6.21. The second-order valence-corrected chi connectivity index (χ2v) is 10.4. The van der Waals surface area contributed by atoms with Crippen LogP contribution in [0.15, 0.2) is 64.5 Å². The van der Waals surface area contributed by atoms with E-state index in [2.05, 4.69) is 29.2 Å². The number of hydrogen-bond donors (Lipinski definition) is 0. The Labute approximate surface area is 206 Å². The maximum atomic E-state index is 13.7. The zero-order valence-corrected chi connectivity index (χ0v) is 20.7. The van der Waals surface area contributed by atoms with E-state index in [1.807, 2.05) is 37.3 Å². The number of rotatable bonds is 6. The van der Waals surface area contributed by atoms with Crippen LogP contribution in [0.2, 0.25) is 0 Å². The SMILES string of the molecule is COC(=O)CSc1nc2c3c(sc2c(=O)n1-c1ccc(C)cc1)CCN(Cc1ccccc1)C3. The van der Waals surface area contributed by atoms with Gasteiger partial charge in [0, 0.05) is 30.1 Å². The molecule has 3 heterocycles. The van der Waals surface area contributed by atoms with Crippen LogP contribution < -0.4 is 5.56 Å². The van der Waals surface area contributed by atoms with Crippen molar-refractivity contribution in [2.45, 2.75) is 31.6 Å². The molecule has 0 amide bonds. The summed E-state index contributed by atoms with van der Waals surface area (Å²) in [7, 11) is 1.36. The van der Waals surface area contributed by atoms with Crippen molar-refractivity contribution in [1.82, 2.24) is 14.5 Å². The fraction of sp³-hybridized carbons (Fsp3) is 0.269. The molecule has 0 spiro atoms. The molecule has 0 fully saturated rings. The summed E-state index contributed by atoms with van der Waals surface area (Å²) in [4.78, 5) is 34.2. The average Bonchev–Trinajstić information content (AvgIpc) is 3.22. The first-order valence-corrected chi connectivity index (χ1v) is 12.9. The fourth-order valence-electron chi connectivity index (χ4n) is 4.20. The summed E-state index contributed by atoms with van der Waals surface area (Å²) in [5.41, 5.74) is 4.94. The molecule has 0 radical (unpaired) electrons. The third-order valence-electron chi connectivity index (χ3n) is 5.98. The number of aromatic nitrogens is 2. The minimum Gasteiger partial charge on any atom is -0.468 e. The number of carbonyl (C=O) groups is 1. The largest absolute Gasteiger partial charge is 0.468 e. The van der Waals surface area contributed by atoms with E-state index in [1.165, 1.54) is 29.3 Å². The Hall–Kier alpha value is -2.94. The van der Waals surface area contributed by atoms with Gasteiger partial charge in [-0.05, 0) is 31.0 Å². The van der Waals surface area contributed by atoms with Gasteiger partial charge in [0.25, 0.3) is 5.56 Å². The Bertz CT molecular complexity index is 1400. The smallest absolute Gasteiger partial charge is 0.316 e. The van der Waals surface area contributed by atoms with E-state index >= 15 is 0 Å². The lowest BCUT2D eigenvalue weighted by molar-refractivity contribution is -0.137. The van der Waals surface area contributed by atoms with Crippen molar-refractivity contribution >= 4 is 39.3 Å². The molecule has 0 bridgehead atoms. The number of aryl methyl sites for hydroxylation is 1. The Morgan fingerprint density at radius 2 is 1.91 bits per heavy atom. The van der Waals surface area contributed by atoms with Crippen molar-refractivity contribution < 1.29 is 9.53 Å². The molecule has 174 valence electrons. The molecule has 34 heavy (non-hydrogen) atoms. The van der Waals surface area contributed by atoms with Gasteiger partial charge in [0.2, 0.25) is 0 Å². The van der Waals surface area contributed by atoms with E-state index in [1.54, 1.807) is 15.9 Å². The highest BCUT2D eigenvalue weighted by Gasteiger charge is 2.26. The van der Waals surface area contributed by atoms with Gasteiger partial charge >= 0.3 is 5.97 Å². The maximum absolute atomic E-state index is 13.7. The Morgan fingerprint density at radius 1 is 1.15 bits per heavy atom. The van der Waals surface area contributed by atoms with Crippen molar-refractivity contribution in [3.05, 3.63) is 86.5 Å². The molecule has 0 aliphatic carbocycles. The van der Waals surface area contributed by atoms with Gasteiger partial charge in [-0.15, -0.1) is 11.3 Å². The van der Waals surface area contributed by atoms with Crippen LogP contribution in [-0.2, 0) is 29.0 Å². The number of ether oxygens (including phenoxy) is 1. The number of methoxy groups -OCH3 is 1. The first kappa shape index (κ1) is 22.8. The quantitative estimate of drug-likeness (QED) is 0.224. The maximum Gasteiger partial charge on any atom is 0.316 e. The number of carbonyl (C=O) groups excluding carboxylic acids is 1. The van der Waals surface area contributed by atoms with Gasteiger partial charge in [0.1, 0.15) is 4.70 Å². The van der Waals surface area contributed by atoms with Crippen LogP contribution in [0.4, 0.5) is 0 Å². The number of nitrogens with zero attached hydrogens (tertiary/aromatic N) is 3. The lowest BCUT2D eigenvalue weighted by Crippen LogP contribution is -2.29. The number of esters is 1.